The zero-order chi connectivity index (χ0) is 9.14. The largest absolute Gasteiger partial charge is 0.369 e. The number of hydrogen-bond acceptors (Lipinski definition) is 3. The van der Waals surface area contributed by atoms with E-state index in [0.29, 0.717) is 19.6 Å². The van der Waals surface area contributed by atoms with Crippen molar-refractivity contribution in [3.8, 4) is 6.07 Å². The van der Waals surface area contributed by atoms with Gasteiger partial charge in [-0.3, -0.25) is 9.69 Å². The Balaban J connectivity index is 2.19. The van der Waals surface area contributed by atoms with Crippen LogP contribution in [-0.4, -0.2) is 35.8 Å². The van der Waals surface area contributed by atoms with E-state index < -0.39 is 5.38 Å². The number of nitriles is 1. The van der Waals surface area contributed by atoms with Gasteiger partial charge >= 0.3 is 0 Å². The molecular weight excluding hydrogens is 178 g/mol. The first kappa shape index (κ1) is 9.30. The summed E-state index contributed by atoms with van der Waals surface area (Å²) in [6.07, 6.45) is 0. The molecule has 0 saturated carbocycles. The molecule has 1 aliphatic heterocycles. The molecule has 0 bridgehead atoms. The highest BCUT2D eigenvalue weighted by Gasteiger charge is 2.31. The van der Waals surface area contributed by atoms with Gasteiger partial charge in [0.25, 0.3) is 0 Å². The summed E-state index contributed by atoms with van der Waals surface area (Å²) >= 11 is 5.58. The first-order chi connectivity index (χ1) is 5.63. The highest BCUT2D eigenvalue weighted by molar-refractivity contribution is 6.22. The van der Waals surface area contributed by atoms with Gasteiger partial charge in [0.2, 0.25) is 5.91 Å². The third-order valence-corrected chi connectivity index (χ3v) is 2.15. The van der Waals surface area contributed by atoms with Crippen LogP contribution in [0.5, 0.6) is 0 Å². The van der Waals surface area contributed by atoms with Gasteiger partial charge in [-0.25, -0.2) is 0 Å². The summed E-state index contributed by atoms with van der Waals surface area (Å²) in [7, 11) is 0. The third-order valence-electron chi connectivity index (χ3n) is 1.92. The van der Waals surface area contributed by atoms with Crippen molar-refractivity contribution in [2.75, 3.05) is 19.6 Å². The van der Waals surface area contributed by atoms with E-state index in [4.69, 9.17) is 22.6 Å². The fourth-order valence-corrected chi connectivity index (χ4v) is 1.36. The van der Waals surface area contributed by atoms with E-state index in [-0.39, 0.29) is 11.8 Å². The number of hydrogen-bond donors (Lipinski definition) is 1. The van der Waals surface area contributed by atoms with Gasteiger partial charge < -0.3 is 5.73 Å². The summed E-state index contributed by atoms with van der Waals surface area (Å²) in [5.74, 6) is -0.318. The number of likely N-dealkylation sites (tertiary alicyclic amines) is 1. The molecule has 12 heavy (non-hydrogen) atoms. The van der Waals surface area contributed by atoms with Crippen LogP contribution >= 0.6 is 11.6 Å². The molecule has 0 aromatic heterocycles. The monoisotopic (exact) mass is 187 g/mol. The van der Waals surface area contributed by atoms with Crippen molar-refractivity contribution in [1.82, 2.24) is 4.90 Å². The molecule has 0 aliphatic carbocycles. The average Bonchev–Trinajstić information content (AvgIpc) is 1.94. The van der Waals surface area contributed by atoms with Crippen molar-refractivity contribution in [3.05, 3.63) is 0 Å². The fourth-order valence-electron chi connectivity index (χ4n) is 1.17. The molecule has 66 valence electrons. The predicted octanol–water partition coefficient (Wildman–Crippen LogP) is -0.466. The van der Waals surface area contributed by atoms with E-state index >= 15 is 0 Å². The summed E-state index contributed by atoms with van der Waals surface area (Å²) in [5, 5.41) is 7.89. The zero-order valence-electron chi connectivity index (χ0n) is 6.53. The maximum Gasteiger partial charge on any atom is 0.223 e. The second-order valence-corrected chi connectivity index (χ2v) is 3.44. The second kappa shape index (κ2) is 3.74. The molecule has 4 nitrogen and oxygen atoms in total. The van der Waals surface area contributed by atoms with Crippen LogP contribution in [0.1, 0.15) is 0 Å². The Morgan fingerprint density at radius 3 is 2.83 bits per heavy atom. The molecule has 1 aliphatic rings. The maximum atomic E-state index is 10.6. The molecule has 1 fully saturated rings. The first-order valence-corrected chi connectivity index (χ1v) is 4.12. The molecule has 2 N–H and O–H groups in total. The van der Waals surface area contributed by atoms with Crippen LogP contribution in [0.4, 0.5) is 0 Å². The molecule has 1 rings (SSSR count). The number of carbonyl (C=O) groups is 1. The minimum atomic E-state index is -0.487. The SMILES string of the molecule is N#CC(Cl)CN1CC(C(N)=O)C1. The Morgan fingerprint density at radius 2 is 2.42 bits per heavy atom. The normalized spacial score (nSPS) is 21.0. The Kier molecular flexibility index (Phi) is 2.90. The lowest BCUT2D eigenvalue weighted by atomic mass is 9.99. The summed E-state index contributed by atoms with van der Waals surface area (Å²) in [4.78, 5) is 12.5. The topological polar surface area (TPSA) is 70.1 Å². The summed E-state index contributed by atoms with van der Waals surface area (Å²) in [6.45, 7) is 1.79. The standard InChI is InChI=1S/C7H10ClN3O/c8-6(1-9)4-11-2-5(3-11)7(10)12/h5-6H,2-4H2,(H2,10,12). The molecule has 0 radical (unpaired) electrons. The average molecular weight is 188 g/mol. The summed E-state index contributed by atoms with van der Waals surface area (Å²) < 4.78 is 0. The van der Waals surface area contributed by atoms with Crippen molar-refractivity contribution < 1.29 is 4.79 Å². The lowest BCUT2D eigenvalue weighted by molar-refractivity contribution is -0.126. The van der Waals surface area contributed by atoms with Crippen LogP contribution in [0, 0.1) is 17.2 Å². The molecule has 1 heterocycles. The van der Waals surface area contributed by atoms with E-state index in [0.717, 1.165) is 0 Å². The molecule has 1 saturated heterocycles. The Morgan fingerprint density at radius 1 is 1.83 bits per heavy atom. The van der Waals surface area contributed by atoms with Crippen LogP contribution in [0.3, 0.4) is 0 Å². The van der Waals surface area contributed by atoms with Gasteiger partial charge in [0.15, 0.2) is 0 Å². The van der Waals surface area contributed by atoms with E-state index in [1.54, 1.807) is 0 Å². The van der Waals surface area contributed by atoms with Gasteiger partial charge in [-0.1, -0.05) is 0 Å². The Labute approximate surface area is 75.9 Å². The number of alkyl halides is 1. The van der Waals surface area contributed by atoms with Crippen molar-refractivity contribution >= 4 is 17.5 Å². The van der Waals surface area contributed by atoms with E-state index in [1.807, 2.05) is 11.0 Å². The third kappa shape index (κ3) is 2.10. The highest BCUT2D eigenvalue weighted by atomic mass is 35.5. The number of amides is 1. The minimum Gasteiger partial charge on any atom is -0.369 e. The number of primary amides is 1. The zero-order valence-corrected chi connectivity index (χ0v) is 7.29. The first-order valence-electron chi connectivity index (χ1n) is 3.69. The molecule has 1 atom stereocenters. The molecule has 1 amide bonds. The van der Waals surface area contributed by atoms with E-state index in [2.05, 4.69) is 0 Å². The van der Waals surface area contributed by atoms with Crippen molar-refractivity contribution in [1.29, 1.82) is 5.26 Å². The fraction of sp³-hybridized carbons (Fsp3) is 0.714. The highest BCUT2D eigenvalue weighted by Crippen LogP contribution is 2.15. The smallest absolute Gasteiger partial charge is 0.223 e. The minimum absolute atomic E-state index is 0.0486. The number of nitrogens with zero attached hydrogens (tertiary/aromatic N) is 2. The Hall–Kier alpha value is -0.790. The molecule has 0 aromatic carbocycles. The molecule has 1 unspecified atom stereocenters. The van der Waals surface area contributed by atoms with E-state index in [9.17, 15) is 4.79 Å². The molecule has 0 aromatic rings. The van der Waals surface area contributed by atoms with Gasteiger partial charge in [-0.2, -0.15) is 5.26 Å². The number of rotatable bonds is 3. The van der Waals surface area contributed by atoms with Gasteiger partial charge in [-0.05, 0) is 0 Å². The number of carbonyl (C=O) groups excluding carboxylic acids is 1. The van der Waals surface area contributed by atoms with Crippen LogP contribution in [-0.2, 0) is 4.79 Å². The van der Waals surface area contributed by atoms with Crippen LogP contribution in [0.2, 0.25) is 0 Å². The van der Waals surface area contributed by atoms with Gasteiger partial charge in [0.1, 0.15) is 5.38 Å². The quantitative estimate of drug-likeness (QED) is 0.608. The predicted molar refractivity (Wildman–Crippen MR) is 44.4 cm³/mol. The number of halogens is 1. The van der Waals surface area contributed by atoms with Gasteiger partial charge in [0, 0.05) is 19.6 Å². The molecule has 5 heteroatoms. The summed E-state index contributed by atoms with van der Waals surface area (Å²) in [6, 6.07) is 1.92. The van der Waals surface area contributed by atoms with Crippen molar-refractivity contribution in [3.63, 3.8) is 0 Å². The molecule has 0 spiro atoms. The number of nitrogens with two attached hydrogens (primary N) is 1. The van der Waals surface area contributed by atoms with Gasteiger partial charge in [-0.15, -0.1) is 11.6 Å². The van der Waals surface area contributed by atoms with E-state index in [1.165, 1.54) is 0 Å². The lowest BCUT2D eigenvalue weighted by Crippen LogP contribution is -2.53. The summed E-state index contributed by atoms with van der Waals surface area (Å²) in [5.41, 5.74) is 5.06. The Bertz CT molecular complexity index is 219. The van der Waals surface area contributed by atoms with Crippen LogP contribution < -0.4 is 5.73 Å². The van der Waals surface area contributed by atoms with Crippen molar-refractivity contribution in [2.45, 2.75) is 5.38 Å². The van der Waals surface area contributed by atoms with Crippen LogP contribution in [0.15, 0.2) is 0 Å². The second-order valence-electron chi connectivity index (χ2n) is 2.91. The molecular formula is C7H10ClN3O. The van der Waals surface area contributed by atoms with Gasteiger partial charge in [0.05, 0.1) is 12.0 Å². The lowest BCUT2D eigenvalue weighted by Gasteiger charge is -2.37. The maximum absolute atomic E-state index is 10.6. The van der Waals surface area contributed by atoms with Crippen LogP contribution in [0.25, 0.3) is 0 Å². The van der Waals surface area contributed by atoms with Crippen molar-refractivity contribution in [2.24, 2.45) is 11.7 Å².